The summed E-state index contributed by atoms with van der Waals surface area (Å²) < 4.78 is 9.26. The van der Waals surface area contributed by atoms with Crippen molar-refractivity contribution in [2.75, 3.05) is 20.0 Å². The van der Waals surface area contributed by atoms with Gasteiger partial charge in [-0.3, -0.25) is 0 Å². The van der Waals surface area contributed by atoms with E-state index in [0.717, 1.165) is 0 Å². The van der Waals surface area contributed by atoms with Crippen molar-refractivity contribution in [2.45, 2.75) is 0 Å². The van der Waals surface area contributed by atoms with Crippen LogP contribution in [0.25, 0.3) is 0 Å². The van der Waals surface area contributed by atoms with Crippen LogP contribution in [0.3, 0.4) is 0 Å². The van der Waals surface area contributed by atoms with Crippen LogP contribution in [0.15, 0.2) is 24.3 Å². The molecule has 0 radical (unpaired) electrons. The average molecular weight is 240 g/mol. The third kappa shape index (κ3) is 3.86. The molecule has 0 saturated carbocycles. The fraction of sp³-hybridized carbons (Fsp3) is 0.273. The normalized spacial score (nSPS) is 13.5. The first-order chi connectivity index (χ1) is 8.19. The molecular weight excluding hydrogens is 228 g/mol. The molecule has 6 nitrogen and oxygen atoms in total. The number of benzene rings is 1. The molecule has 1 aromatic carbocycles. The zero-order chi connectivity index (χ0) is 12.7. The summed E-state index contributed by atoms with van der Waals surface area (Å²) in [5.41, 5.74) is 0.837. The Morgan fingerprint density at radius 1 is 0.882 bits per heavy atom. The summed E-state index contributed by atoms with van der Waals surface area (Å²) in [5, 5.41) is 15.2. The van der Waals surface area contributed by atoms with Crippen molar-refractivity contribution < 1.29 is 29.3 Å². The van der Waals surface area contributed by atoms with Gasteiger partial charge in [-0.25, -0.2) is 9.59 Å². The predicted molar refractivity (Wildman–Crippen MR) is 56.3 cm³/mol. The van der Waals surface area contributed by atoms with Gasteiger partial charge in [-0.1, -0.05) is 0 Å². The fourth-order valence-electron chi connectivity index (χ4n) is 1.05. The number of carbonyl (C=O) groups excluding carboxylic acids is 2. The van der Waals surface area contributed by atoms with E-state index in [9.17, 15) is 9.59 Å². The third-order valence-corrected chi connectivity index (χ3v) is 1.84. The van der Waals surface area contributed by atoms with Crippen LogP contribution in [0.1, 0.15) is 20.7 Å². The van der Waals surface area contributed by atoms with E-state index in [1.54, 1.807) is 0 Å². The highest BCUT2D eigenvalue weighted by Gasteiger charge is 2.14. The predicted octanol–water partition coefficient (Wildman–Crippen LogP) is -0.0577. The lowest BCUT2D eigenvalue weighted by molar-refractivity contribution is -0.0161. The molecule has 2 bridgehead atoms. The topological polar surface area (TPSA) is 93.1 Å². The van der Waals surface area contributed by atoms with Gasteiger partial charge in [-0.15, -0.1) is 0 Å². The molecule has 2 aliphatic heterocycles. The molecule has 3 rings (SSSR count). The zero-order valence-corrected chi connectivity index (χ0v) is 8.96. The molecule has 6 heteroatoms. The lowest BCUT2D eigenvalue weighted by Crippen LogP contribution is -2.09. The summed E-state index contributed by atoms with van der Waals surface area (Å²) in [7, 11) is 0. The summed E-state index contributed by atoms with van der Waals surface area (Å²) in [5.74, 6) is -0.970. The molecule has 2 N–H and O–H groups in total. The van der Waals surface area contributed by atoms with Gasteiger partial charge >= 0.3 is 11.9 Å². The number of rotatable bonds is 1. The quantitative estimate of drug-likeness (QED) is 0.668. The Labute approximate surface area is 97.4 Å². The van der Waals surface area contributed by atoms with E-state index in [2.05, 4.69) is 9.47 Å². The molecule has 0 saturated heterocycles. The average Bonchev–Trinajstić information content (AvgIpc) is 2.47. The molecular formula is C11H12O6. The fourth-order valence-corrected chi connectivity index (χ4v) is 1.05. The Morgan fingerprint density at radius 2 is 1.24 bits per heavy atom. The van der Waals surface area contributed by atoms with E-state index in [1.165, 1.54) is 24.3 Å². The lowest BCUT2D eigenvalue weighted by atomic mass is 10.1. The summed E-state index contributed by atoms with van der Waals surface area (Å²) in [6, 6.07) is 6.13. The highest BCUT2D eigenvalue weighted by Crippen LogP contribution is 2.09. The van der Waals surface area contributed by atoms with Crippen molar-refractivity contribution in [3.05, 3.63) is 35.4 Å². The molecule has 92 valence electrons. The standard InChI is InChI=1S/C9H6O4.C2H6O2/c10-8-6-1-2-7(4-3-6)9(11)13-5-12-8;3-1-2-4/h1-4H,5H2;3-4H,1-2H2. The van der Waals surface area contributed by atoms with E-state index in [0.29, 0.717) is 11.1 Å². The van der Waals surface area contributed by atoms with Gasteiger partial charge < -0.3 is 19.7 Å². The van der Waals surface area contributed by atoms with Gasteiger partial charge in [0, 0.05) is 0 Å². The van der Waals surface area contributed by atoms with Gasteiger partial charge in [0.15, 0.2) is 0 Å². The van der Waals surface area contributed by atoms with Crippen LogP contribution < -0.4 is 0 Å². The van der Waals surface area contributed by atoms with Crippen LogP contribution in [0.5, 0.6) is 0 Å². The molecule has 2 aliphatic rings. The van der Waals surface area contributed by atoms with Crippen molar-refractivity contribution in [3.63, 3.8) is 0 Å². The maximum atomic E-state index is 11.1. The molecule has 0 aromatic heterocycles. The van der Waals surface area contributed by atoms with Crippen LogP contribution in [-0.2, 0) is 9.47 Å². The second-order valence-corrected chi connectivity index (χ2v) is 3.01. The first-order valence-corrected chi connectivity index (χ1v) is 4.85. The van der Waals surface area contributed by atoms with Crippen LogP contribution in [0.2, 0.25) is 0 Å². The Kier molecular flexibility index (Phi) is 5.12. The first kappa shape index (κ1) is 13.1. The lowest BCUT2D eigenvalue weighted by Gasteiger charge is -2.01. The van der Waals surface area contributed by atoms with Crippen LogP contribution in [0, 0.1) is 0 Å². The number of hydrogen-bond acceptors (Lipinski definition) is 6. The highest BCUT2D eigenvalue weighted by atomic mass is 16.7. The zero-order valence-electron chi connectivity index (χ0n) is 8.96. The van der Waals surface area contributed by atoms with E-state index < -0.39 is 11.9 Å². The molecule has 1 aromatic rings. The summed E-state index contributed by atoms with van der Waals surface area (Å²) >= 11 is 0. The van der Waals surface area contributed by atoms with Crippen LogP contribution in [-0.4, -0.2) is 42.2 Å². The van der Waals surface area contributed by atoms with E-state index in [4.69, 9.17) is 10.2 Å². The number of aliphatic hydroxyl groups is 2. The Morgan fingerprint density at radius 3 is 1.53 bits per heavy atom. The van der Waals surface area contributed by atoms with Crippen molar-refractivity contribution in [2.24, 2.45) is 0 Å². The Bertz CT molecular complexity index is 346. The van der Waals surface area contributed by atoms with Gasteiger partial charge in [-0.2, -0.15) is 0 Å². The first-order valence-electron chi connectivity index (χ1n) is 4.85. The van der Waals surface area contributed by atoms with Crippen molar-refractivity contribution in [1.82, 2.24) is 0 Å². The van der Waals surface area contributed by atoms with Gasteiger partial charge in [0.1, 0.15) is 0 Å². The third-order valence-electron chi connectivity index (χ3n) is 1.84. The molecule has 2 heterocycles. The van der Waals surface area contributed by atoms with Gasteiger partial charge in [0.2, 0.25) is 6.79 Å². The number of ether oxygens (including phenoxy) is 2. The van der Waals surface area contributed by atoms with Gasteiger partial charge in [0.05, 0.1) is 24.3 Å². The minimum absolute atomic E-state index is 0.125. The molecule has 17 heavy (non-hydrogen) atoms. The van der Waals surface area contributed by atoms with E-state index >= 15 is 0 Å². The number of carbonyl (C=O) groups is 2. The number of aliphatic hydroxyl groups excluding tert-OH is 2. The Hall–Kier alpha value is -1.92. The maximum absolute atomic E-state index is 11.1. The molecule has 0 amide bonds. The largest absolute Gasteiger partial charge is 0.424 e. The summed E-state index contributed by atoms with van der Waals surface area (Å²) in [4.78, 5) is 22.2. The van der Waals surface area contributed by atoms with Gasteiger partial charge in [0.25, 0.3) is 0 Å². The van der Waals surface area contributed by atoms with Crippen molar-refractivity contribution >= 4 is 11.9 Å². The van der Waals surface area contributed by atoms with Crippen molar-refractivity contribution in [3.8, 4) is 0 Å². The highest BCUT2D eigenvalue weighted by molar-refractivity contribution is 5.94. The maximum Gasteiger partial charge on any atom is 0.340 e. The number of esters is 2. The second kappa shape index (κ2) is 6.62. The molecule has 0 atom stereocenters. The monoisotopic (exact) mass is 240 g/mol. The number of fused-ring (bicyclic) bond motifs is 6. The smallest absolute Gasteiger partial charge is 0.340 e. The summed E-state index contributed by atoms with van der Waals surface area (Å²) in [6.07, 6.45) is 0. The summed E-state index contributed by atoms with van der Waals surface area (Å²) in [6.45, 7) is -0.575. The van der Waals surface area contributed by atoms with Crippen LogP contribution >= 0.6 is 0 Å². The molecule has 0 unspecified atom stereocenters. The molecule has 0 fully saturated rings. The minimum Gasteiger partial charge on any atom is -0.424 e. The Balaban J connectivity index is 0.000000317. The number of hydrogen-bond donors (Lipinski definition) is 2. The van der Waals surface area contributed by atoms with Crippen molar-refractivity contribution in [1.29, 1.82) is 0 Å². The second-order valence-electron chi connectivity index (χ2n) is 3.01. The SMILES string of the molecule is O=C1OCOC(=O)c2ccc1cc2.OCCO. The molecule has 0 aliphatic carbocycles. The van der Waals surface area contributed by atoms with E-state index in [1.807, 2.05) is 0 Å². The molecule has 0 spiro atoms. The minimum atomic E-state index is -0.485. The van der Waals surface area contributed by atoms with Gasteiger partial charge in [-0.05, 0) is 24.3 Å². The van der Waals surface area contributed by atoms with E-state index in [-0.39, 0.29) is 20.0 Å². The van der Waals surface area contributed by atoms with Crippen LogP contribution in [0.4, 0.5) is 0 Å².